The Bertz CT molecular complexity index is 1070. The van der Waals surface area contributed by atoms with E-state index >= 15 is 0 Å². The minimum atomic E-state index is 0.225. The van der Waals surface area contributed by atoms with Crippen molar-refractivity contribution in [2.75, 3.05) is 14.2 Å². The van der Waals surface area contributed by atoms with E-state index in [-0.39, 0.29) is 6.04 Å². The molecule has 0 radical (unpaired) electrons. The lowest BCUT2D eigenvalue weighted by Crippen LogP contribution is -3.07. The molecular weight excluding hydrogens is 356 g/mol. The van der Waals surface area contributed by atoms with Crippen molar-refractivity contribution < 1.29 is 14.7 Å². The highest BCUT2D eigenvalue weighted by atomic mass is 32.1. The van der Waals surface area contributed by atoms with Crippen LogP contribution in [-0.4, -0.2) is 24.2 Å². The van der Waals surface area contributed by atoms with Crippen LogP contribution >= 0.6 is 11.3 Å². The van der Waals surface area contributed by atoms with Gasteiger partial charge in [0.2, 0.25) is 0 Å². The van der Waals surface area contributed by atoms with Gasteiger partial charge in [-0.2, -0.15) is 0 Å². The van der Waals surface area contributed by atoms with Crippen LogP contribution in [-0.2, 0) is 6.54 Å². The second-order valence-electron chi connectivity index (χ2n) is 6.91. The molecule has 0 aliphatic heterocycles. The SMILES string of the molecule is COc1ccc2ccc(O)c(C[NH+](C)[C@@H](C)c3nc4ccccc4s3)c2c1. The normalized spacial score (nSPS) is 13.7. The van der Waals surface area contributed by atoms with E-state index in [0.717, 1.165) is 32.6 Å². The number of quaternary nitrogens is 1. The zero-order valence-electron chi connectivity index (χ0n) is 15.7. The molecule has 1 unspecified atom stereocenters. The molecule has 1 heterocycles. The van der Waals surface area contributed by atoms with Gasteiger partial charge in [0, 0.05) is 0 Å². The highest BCUT2D eigenvalue weighted by Gasteiger charge is 2.22. The Morgan fingerprint density at radius 3 is 2.70 bits per heavy atom. The molecular formula is C22H23N2O2S+. The number of thiazole rings is 1. The number of methoxy groups -OCH3 is 1. The van der Waals surface area contributed by atoms with Gasteiger partial charge in [-0.25, -0.2) is 4.98 Å². The number of aromatic hydroxyl groups is 1. The zero-order chi connectivity index (χ0) is 19.0. The van der Waals surface area contributed by atoms with Crippen LogP contribution in [0.1, 0.15) is 23.5 Å². The van der Waals surface area contributed by atoms with Gasteiger partial charge in [0.15, 0.2) is 5.01 Å². The Morgan fingerprint density at radius 1 is 1.15 bits per heavy atom. The molecule has 2 N–H and O–H groups in total. The first-order valence-corrected chi connectivity index (χ1v) is 9.85. The molecule has 4 aromatic rings. The Labute approximate surface area is 162 Å². The van der Waals surface area contributed by atoms with E-state index in [2.05, 4.69) is 26.1 Å². The van der Waals surface area contributed by atoms with Crippen LogP contribution in [0.4, 0.5) is 0 Å². The van der Waals surface area contributed by atoms with Gasteiger partial charge in [-0.3, -0.25) is 0 Å². The summed E-state index contributed by atoms with van der Waals surface area (Å²) in [5.41, 5.74) is 1.99. The van der Waals surface area contributed by atoms with Crippen LogP contribution < -0.4 is 9.64 Å². The predicted octanol–water partition coefficient (Wildman–Crippen LogP) is 3.94. The predicted molar refractivity (Wildman–Crippen MR) is 111 cm³/mol. The number of ether oxygens (including phenoxy) is 1. The number of nitrogens with zero attached hydrogens (tertiary/aromatic N) is 1. The van der Waals surface area contributed by atoms with E-state index in [4.69, 9.17) is 9.72 Å². The molecule has 0 aliphatic rings. The summed E-state index contributed by atoms with van der Waals surface area (Å²) in [7, 11) is 3.81. The summed E-state index contributed by atoms with van der Waals surface area (Å²) in [5.74, 6) is 1.12. The van der Waals surface area contributed by atoms with Gasteiger partial charge < -0.3 is 14.7 Å². The van der Waals surface area contributed by atoms with E-state index in [0.29, 0.717) is 12.3 Å². The molecule has 0 bridgehead atoms. The number of nitrogens with one attached hydrogen (secondary N) is 1. The average molecular weight is 380 g/mol. The lowest BCUT2D eigenvalue weighted by Gasteiger charge is -2.21. The maximum Gasteiger partial charge on any atom is 0.151 e. The maximum atomic E-state index is 10.5. The minimum Gasteiger partial charge on any atom is -0.507 e. The highest BCUT2D eigenvalue weighted by molar-refractivity contribution is 7.18. The van der Waals surface area contributed by atoms with Crippen molar-refractivity contribution in [1.29, 1.82) is 0 Å². The van der Waals surface area contributed by atoms with E-state index < -0.39 is 0 Å². The van der Waals surface area contributed by atoms with Crippen molar-refractivity contribution in [1.82, 2.24) is 4.98 Å². The molecule has 0 fully saturated rings. The van der Waals surface area contributed by atoms with Crippen LogP contribution in [0.2, 0.25) is 0 Å². The van der Waals surface area contributed by atoms with Crippen LogP contribution in [0.3, 0.4) is 0 Å². The minimum absolute atomic E-state index is 0.225. The topological polar surface area (TPSA) is 46.8 Å². The van der Waals surface area contributed by atoms with Crippen molar-refractivity contribution in [3.63, 3.8) is 0 Å². The van der Waals surface area contributed by atoms with E-state index in [1.54, 1.807) is 24.5 Å². The monoisotopic (exact) mass is 379 g/mol. The van der Waals surface area contributed by atoms with Crippen molar-refractivity contribution >= 4 is 32.3 Å². The summed E-state index contributed by atoms with van der Waals surface area (Å²) < 4.78 is 6.59. The molecule has 2 atom stereocenters. The van der Waals surface area contributed by atoms with E-state index in [1.165, 1.54) is 9.60 Å². The molecule has 0 saturated carbocycles. The number of fused-ring (bicyclic) bond motifs is 2. The summed E-state index contributed by atoms with van der Waals surface area (Å²) in [6.07, 6.45) is 0. The molecule has 0 amide bonds. The molecule has 1 aromatic heterocycles. The number of phenolic OH excluding ortho intramolecular Hbond substituents is 1. The van der Waals surface area contributed by atoms with Crippen molar-refractivity contribution in [2.45, 2.75) is 19.5 Å². The number of hydrogen-bond acceptors (Lipinski definition) is 4. The fraction of sp³-hybridized carbons (Fsp3) is 0.227. The van der Waals surface area contributed by atoms with Gasteiger partial charge in [-0.15, -0.1) is 11.3 Å². The molecule has 5 heteroatoms. The van der Waals surface area contributed by atoms with Gasteiger partial charge in [-0.1, -0.05) is 24.3 Å². The van der Waals surface area contributed by atoms with Gasteiger partial charge >= 0.3 is 0 Å². The molecule has 4 nitrogen and oxygen atoms in total. The van der Waals surface area contributed by atoms with Gasteiger partial charge in [0.25, 0.3) is 0 Å². The summed E-state index contributed by atoms with van der Waals surface area (Å²) in [4.78, 5) is 6.08. The van der Waals surface area contributed by atoms with Crippen LogP contribution in [0.15, 0.2) is 54.6 Å². The number of aromatic nitrogens is 1. The lowest BCUT2D eigenvalue weighted by atomic mass is 10.0. The summed E-state index contributed by atoms with van der Waals surface area (Å²) in [5, 5.41) is 13.8. The molecule has 0 saturated heterocycles. The lowest BCUT2D eigenvalue weighted by molar-refractivity contribution is -0.923. The molecule has 138 valence electrons. The quantitative estimate of drug-likeness (QED) is 0.552. The van der Waals surface area contributed by atoms with Crippen LogP contribution in [0.25, 0.3) is 21.0 Å². The molecule has 4 rings (SSSR count). The first-order valence-electron chi connectivity index (χ1n) is 9.03. The average Bonchev–Trinajstić information content (AvgIpc) is 3.13. The Hall–Kier alpha value is -2.63. The smallest absolute Gasteiger partial charge is 0.151 e. The van der Waals surface area contributed by atoms with Crippen LogP contribution in [0.5, 0.6) is 11.5 Å². The van der Waals surface area contributed by atoms with Crippen molar-refractivity contribution in [3.8, 4) is 11.5 Å². The highest BCUT2D eigenvalue weighted by Crippen LogP contribution is 2.30. The molecule has 27 heavy (non-hydrogen) atoms. The molecule has 3 aromatic carbocycles. The third kappa shape index (κ3) is 3.36. The largest absolute Gasteiger partial charge is 0.507 e. The second kappa shape index (κ2) is 7.18. The first-order chi connectivity index (χ1) is 13.1. The Balaban J connectivity index is 1.67. The number of rotatable bonds is 5. The fourth-order valence-corrected chi connectivity index (χ4v) is 4.49. The molecule has 0 aliphatic carbocycles. The third-order valence-electron chi connectivity index (χ3n) is 5.19. The van der Waals surface area contributed by atoms with Crippen molar-refractivity contribution in [2.24, 2.45) is 0 Å². The Kier molecular flexibility index (Phi) is 4.72. The summed E-state index contributed by atoms with van der Waals surface area (Å²) >= 11 is 1.74. The third-order valence-corrected chi connectivity index (χ3v) is 6.41. The molecule has 0 spiro atoms. The number of phenols is 1. The first kappa shape index (κ1) is 17.8. The summed E-state index contributed by atoms with van der Waals surface area (Å²) in [6, 6.07) is 18.2. The number of benzene rings is 3. The maximum absolute atomic E-state index is 10.5. The van der Waals surface area contributed by atoms with E-state index in [9.17, 15) is 5.11 Å². The fourth-order valence-electron chi connectivity index (χ4n) is 3.38. The number of hydrogen-bond donors (Lipinski definition) is 2. The van der Waals surface area contributed by atoms with Gasteiger partial charge in [-0.05, 0) is 48.0 Å². The standard InChI is InChI=1S/C22H22N2O2S/c1-14(22-23-19-6-4-5-7-21(19)27-22)24(2)13-18-17-12-16(26-3)10-8-15(17)9-11-20(18)25/h4-12,14,25H,13H2,1-3H3/p+1/t14-/m0/s1. The van der Waals surface area contributed by atoms with Gasteiger partial charge in [0.05, 0.1) is 29.9 Å². The number of para-hydroxylation sites is 1. The zero-order valence-corrected chi connectivity index (χ0v) is 16.5. The second-order valence-corrected chi connectivity index (χ2v) is 7.98. The Morgan fingerprint density at radius 2 is 1.93 bits per heavy atom. The van der Waals surface area contributed by atoms with E-state index in [1.807, 2.05) is 36.4 Å². The van der Waals surface area contributed by atoms with Gasteiger partial charge in [0.1, 0.15) is 24.1 Å². The van der Waals surface area contributed by atoms with Crippen molar-refractivity contribution in [3.05, 3.63) is 65.2 Å². The van der Waals surface area contributed by atoms with Crippen LogP contribution in [0, 0.1) is 0 Å². The summed E-state index contributed by atoms with van der Waals surface area (Å²) in [6.45, 7) is 2.89.